The van der Waals surface area contributed by atoms with E-state index in [1.54, 1.807) is 12.1 Å². The van der Waals surface area contributed by atoms with E-state index in [0.29, 0.717) is 5.75 Å². The summed E-state index contributed by atoms with van der Waals surface area (Å²) in [4.78, 5) is 0. The number of hydrogen-bond donors (Lipinski definition) is 2. The summed E-state index contributed by atoms with van der Waals surface area (Å²) in [5, 5.41) is 21.6. The molecule has 0 spiro atoms. The average Bonchev–Trinajstić information content (AvgIpc) is 2.88. The fraction of sp³-hybridized carbons (Fsp3) is 0.571. The van der Waals surface area contributed by atoms with Crippen molar-refractivity contribution in [3.8, 4) is 17.2 Å². The lowest BCUT2D eigenvalue weighted by Crippen LogP contribution is -2.61. The summed E-state index contributed by atoms with van der Waals surface area (Å²) in [5.74, 6) is 2.35. The Balaban J connectivity index is 1.36. The molecule has 192 valence electrons. The lowest BCUT2D eigenvalue weighted by molar-refractivity contribution is -0.287. The fourth-order valence-corrected chi connectivity index (χ4v) is 4.75. The van der Waals surface area contributed by atoms with Crippen LogP contribution in [-0.2, 0) is 9.47 Å². The smallest absolute Gasteiger partial charge is 0.197 e. The van der Waals surface area contributed by atoms with Gasteiger partial charge in [-0.05, 0) is 67.5 Å². The van der Waals surface area contributed by atoms with Crippen molar-refractivity contribution in [1.29, 1.82) is 0 Å². The Labute approximate surface area is 207 Å². The van der Waals surface area contributed by atoms with Gasteiger partial charge >= 0.3 is 0 Å². The number of hydrogen-bond acceptors (Lipinski definition) is 7. The van der Waals surface area contributed by atoms with Crippen molar-refractivity contribution in [2.75, 3.05) is 13.7 Å². The van der Waals surface area contributed by atoms with E-state index in [4.69, 9.17) is 23.7 Å². The van der Waals surface area contributed by atoms with Crippen LogP contribution in [0.25, 0.3) is 0 Å². The molecule has 2 aliphatic rings. The molecule has 2 fully saturated rings. The van der Waals surface area contributed by atoms with Crippen molar-refractivity contribution >= 4 is 0 Å². The molecule has 2 aromatic carbocycles. The summed E-state index contributed by atoms with van der Waals surface area (Å²) >= 11 is 0. The van der Waals surface area contributed by atoms with Crippen LogP contribution in [0.1, 0.15) is 57.4 Å². The van der Waals surface area contributed by atoms with Gasteiger partial charge in [-0.2, -0.15) is 0 Å². The van der Waals surface area contributed by atoms with Crippen LogP contribution in [0.3, 0.4) is 0 Å². The van der Waals surface area contributed by atoms with Crippen LogP contribution in [0.15, 0.2) is 48.5 Å². The molecule has 0 unspecified atom stereocenters. The van der Waals surface area contributed by atoms with Crippen molar-refractivity contribution in [1.82, 2.24) is 0 Å². The van der Waals surface area contributed by atoms with Gasteiger partial charge in [0, 0.05) is 7.11 Å². The maximum Gasteiger partial charge on any atom is 0.197 e. The Morgan fingerprint density at radius 2 is 1.54 bits per heavy atom. The summed E-state index contributed by atoms with van der Waals surface area (Å²) in [6.07, 6.45) is 1.17. The Hall–Kier alpha value is -2.32. The SMILES string of the molecule is CO[C@@H]1O[C@H](COc2ccccc2C(C)C)[C@@H](O)[C@H](O)[C@H]1Oc1ccc(OC2CCCCC2)cc1. The van der Waals surface area contributed by atoms with Gasteiger partial charge < -0.3 is 33.9 Å². The van der Waals surface area contributed by atoms with Crippen molar-refractivity contribution in [2.24, 2.45) is 0 Å². The fourth-order valence-electron chi connectivity index (χ4n) is 4.75. The van der Waals surface area contributed by atoms with E-state index in [2.05, 4.69) is 13.8 Å². The van der Waals surface area contributed by atoms with Crippen molar-refractivity contribution in [3.05, 3.63) is 54.1 Å². The average molecular weight is 487 g/mol. The van der Waals surface area contributed by atoms with Gasteiger partial charge in [-0.1, -0.05) is 38.5 Å². The third kappa shape index (κ3) is 6.47. The Bertz CT molecular complexity index is 908. The molecule has 35 heavy (non-hydrogen) atoms. The number of rotatable bonds is 9. The predicted molar refractivity (Wildman–Crippen MR) is 132 cm³/mol. The van der Waals surface area contributed by atoms with Crippen molar-refractivity contribution in [3.63, 3.8) is 0 Å². The van der Waals surface area contributed by atoms with Crippen LogP contribution in [0.2, 0.25) is 0 Å². The quantitative estimate of drug-likeness (QED) is 0.542. The molecule has 1 saturated carbocycles. The number of benzene rings is 2. The summed E-state index contributed by atoms with van der Waals surface area (Å²) in [5.41, 5.74) is 1.07. The maximum absolute atomic E-state index is 10.9. The third-order valence-corrected chi connectivity index (χ3v) is 6.77. The van der Waals surface area contributed by atoms with Crippen LogP contribution < -0.4 is 14.2 Å². The van der Waals surface area contributed by atoms with Crippen molar-refractivity contribution in [2.45, 2.75) is 88.7 Å². The topological polar surface area (TPSA) is 86.6 Å². The van der Waals surface area contributed by atoms with E-state index in [1.807, 2.05) is 36.4 Å². The highest BCUT2D eigenvalue weighted by Gasteiger charge is 2.46. The molecule has 7 nitrogen and oxygen atoms in total. The first kappa shape index (κ1) is 25.8. The minimum absolute atomic E-state index is 0.0712. The summed E-state index contributed by atoms with van der Waals surface area (Å²) in [6, 6.07) is 15.1. The number of para-hydroxylation sites is 1. The molecule has 0 radical (unpaired) electrons. The number of aliphatic hydroxyl groups is 2. The molecule has 0 aromatic heterocycles. The van der Waals surface area contributed by atoms with E-state index >= 15 is 0 Å². The van der Waals surface area contributed by atoms with E-state index in [0.717, 1.165) is 29.9 Å². The number of methoxy groups -OCH3 is 1. The van der Waals surface area contributed by atoms with Gasteiger partial charge in [0.2, 0.25) is 0 Å². The first-order valence-electron chi connectivity index (χ1n) is 12.7. The van der Waals surface area contributed by atoms with Gasteiger partial charge in [0.15, 0.2) is 12.4 Å². The van der Waals surface area contributed by atoms with Gasteiger partial charge in [-0.15, -0.1) is 0 Å². The molecular formula is C28H38O7. The first-order valence-corrected chi connectivity index (χ1v) is 12.7. The van der Waals surface area contributed by atoms with Crippen molar-refractivity contribution < 1.29 is 33.9 Å². The van der Waals surface area contributed by atoms with Gasteiger partial charge in [0.05, 0.1) is 6.10 Å². The molecule has 0 bridgehead atoms. The normalized spacial score (nSPS) is 27.5. The molecule has 1 aliphatic carbocycles. The van der Waals surface area contributed by atoms with Gasteiger partial charge in [0.1, 0.15) is 42.2 Å². The monoisotopic (exact) mass is 486 g/mol. The summed E-state index contributed by atoms with van der Waals surface area (Å²) in [7, 11) is 1.48. The zero-order chi connectivity index (χ0) is 24.8. The second-order valence-corrected chi connectivity index (χ2v) is 9.70. The molecule has 1 aliphatic heterocycles. The molecule has 2 N–H and O–H groups in total. The zero-order valence-electron chi connectivity index (χ0n) is 20.8. The maximum atomic E-state index is 10.9. The Morgan fingerprint density at radius 1 is 0.886 bits per heavy atom. The van der Waals surface area contributed by atoms with Gasteiger partial charge in [-0.3, -0.25) is 0 Å². The molecular weight excluding hydrogens is 448 g/mol. The molecule has 5 atom stereocenters. The van der Waals surface area contributed by atoms with E-state index in [-0.39, 0.29) is 18.6 Å². The zero-order valence-corrected chi connectivity index (χ0v) is 20.8. The minimum Gasteiger partial charge on any atom is -0.490 e. The van der Waals surface area contributed by atoms with Crippen LogP contribution in [0.5, 0.6) is 17.2 Å². The lowest BCUT2D eigenvalue weighted by atomic mass is 9.98. The third-order valence-electron chi connectivity index (χ3n) is 6.77. The summed E-state index contributed by atoms with van der Waals surface area (Å²) in [6.45, 7) is 4.26. The first-order chi connectivity index (χ1) is 17.0. The summed E-state index contributed by atoms with van der Waals surface area (Å²) < 4.78 is 29.4. The minimum atomic E-state index is -1.22. The van der Waals surface area contributed by atoms with Crippen LogP contribution in [-0.4, -0.2) is 60.7 Å². The van der Waals surface area contributed by atoms with Gasteiger partial charge in [0.25, 0.3) is 0 Å². The second kappa shape index (κ2) is 12.1. The number of ether oxygens (including phenoxy) is 5. The predicted octanol–water partition coefficient (Wildman–Crippen LogP) is 4.44. The Kier molecular flexibility index (Phi) is 8.89. The lowest BCUT2D eigenvalue weighted by Gasteiger charge is -2.41. The highest BCUT2D eigenvalue weighted by Crippen LogP contribution is 2.30. The molecule has 1 saturated heterocycles. The second-order valence-electron chi connectivity index (χ2n) is 9.70. The standard InChI is InChI=1S/C28H38O7/c1-18(2)22-11-7-8-12-23(22)32-17-24-25(29)26(30)27(28(31-3)35-24)34-21-15-13-20(14-16-21)33-19-9-5-4-6-10-19/h7-8,11-16,18-19,24-30H,4-6,9-10,17H2,1-3H3/t24-,25-,26+,27-,28-/m1/s1. The largest absolute Gasteiger partial charge is 0.490 e. The van der Waals surface area contributed by atoms with Gasteiger partial charge in [-0.25, -0.2) is 0 Å². The Morgan fingerprint density at radius 3 is 2.20 bits per heavy atom. The van der Waals surface area contributed by atoms with E-state index < -0.39 is 30.7 Å². The molecule has 4 rings (SSSR count). The highest BCUT2D eigenvalue weighted by atomic mass is 16.7. The molecule has 2 aromatic rings. The molecule has 1 heterocycles. The van der Waals surface area contributed by atoms with E-state index in [1.165, 1.54) is 26.4 Å². The van der Waals surface area contributed by atoms with Crippen LogP contribution in [0, 0.1) is 0 Å². The highest BCUT2D eigenvalue weighted by molar-refractivity contribution is 5.35. The molecule has 0 amide bonds. The van der Waals surface area contributed by atoms with Crippen LogP contribution >= 0.6 is 0 Å². The molecule has 7 heteroatoms. The van der Waals surface area contributed by atoms with E-state index in [9.17, 15) is 10.2 Å². The van der Waals surface area contributed by atoms with Crippen LogP contribution in [0.4, 0.5) is 0 Å². The number of aliphatic hydroxyl groups excluding tert-OH is 2.